The van der Waals surface area contributed by atoms with Gasteiger partial charge in [-0.15, -0.1) is 0 Å². The number of nitrogens with two attached hydrogens (primary N) is 1. The van der Waals surface area contributed by atoms with Crippen molar-refractivity contribution in [3.8, 4) is 0 Å². The fourth-order valence-corrected chi connectivity index (χ4v) is 2.39. The van der Waals surface area contributed by atoms with E-state index in [1.807, 2.05) is 0 Å². The normalized spacial score (nSPS) is 18.6. The number of pyridine rings is 1. The van der Waals surface area contributed by atoms with E-state index >= 15 is 0 Å². The molecule has 0 aliphatic heterocycles. The van der Waals surface area contributed by atoms with Gasteiger partial charge in [0.1, 0.15) is 0 Å². The van der Waals surface area contributed by atoms with Gasteiger partial charge in [-0.2, -0.15) is 0 Å². The summed E-state index contributed by atoms with van der Waals surface area (Å²) in [4.78, 5) is 16.0. The Hall–Kier alpha value is -1.58. The number of amides is 1. The molecule has 1 aliphatic rings. The van der Waals surface area contributed by atoms with Gasteiger partial charge in [-0.1, -0.05) is 19.3 Å². The van der Waals surface area contributed by atoms with Crippen LogP contribution in [0.2, 0.25) is 0 Å². The fraction of sp³-hybridized carbons (Fsp3) is 0.538. The average molecular weight is 233 g/mol. The molecule has 1 aromatic heterocycles. The number of nitrogens with one attached hydrogen (secondary N) is 1. The average Bonchev–Trinajstić information content (AvgIpc) is 2.29. The zero-order valence-corrected chi connectivity index (χ0v) is 10.2. The van der Waals surface area contributed by atoms with E-state index in [-0.39, 0.29) is 11.4 Å². The summed E-state index contributed by atoms with van der Waals surface area (Å²) in [6.45, 7) is 2.11. The molecule has 4 heteroatoms. The lowest BCUT2D eigenvalue weighted by Gasteiger charge is -2.34. The van der Waals surface area contributed by atoms with Crippen molar-refractivity contribution >= 4 is 11.6 Å². The minimum absolute atomic E-state index is 0.0857. The van der Waals surface area contributed by atoms with Crippen LogP contribution in [0, 0.1) is 0 Å². The number of carbonyl (C=O) groups is 1. The summed E-state index contributed by atoms with van der Waals surface area (Å²) >= 11 is 0. The Kier molecular flexibility index (Phi) is 3.31. The van der Waals surface area contributed by atoms with Gasteiger partial charge in [0.05, 0.1) is 5.56 Å². The molecule has 1 fully saturated rings. The van der Waals surface area contributed by atoms with Gasteiger partial charge < -0.3 is 11.1 Å². The lowest BCUT2D eigenvalue weighted by atomic mass is 9.83. The SMILES string of the molecule is CC1(NC(=O)c2cnccc2N)CCCCC1. The minimum Gasteiger partial charge on any atom is -0.398 e. The van der Waals surface area contributed by atoms with Gasteiger partial charge in [-0.25, -0.2) is 0 Å². The Balaban J connectivity index is 2.09. The lowest BCUT2D eigenvalue weighted by molar-refractivity contribution is 0.0883. The highest BCUT2D eigenvalue weighted by molar-refractivity contribution is 5.99. The maximum absolute atomic E-state index is 12.1. The minimum atomic E-state index is -0.111. The molecule has 0 aromatic carbocycles. The van der Waals surface area contributed by atoms with Crippen LogP contribution in [0.4, 0.5) is 5.69 Å². The van der Waals surface area contributed by atoms with Crippen molar-refractivity contribution in [1.82, 2.24) is 10.3 Å². The standard InChI is InChI=1S/C13H19N3O/c1-13(6-3-2-4-7-13)16-12(17)10-9-15-8-5-11(10)14/h5,8-9H,2-4,6-7H2,1H3,(H2,14,15)(H,16,17). The van der Waals surface area contributed by atoms with Gasteiger partial charge in [0, 0.05) is 23.6 Å². The van der Waals surface area contributed by atoms with Gasteiger partial charge in [-0.05, 0) is 25.8 Å². The molecular weight excluding hydrogens is 214 g/mol. The summed E-state index contributed by atoms with van der Waals surface area (Å²) in [6, 6.07) is 1.65. The highest BCUT2D eigenvalue weighted by Crippen LogP contribution is 2.28. The second-order valence-electron chi connectivity index (χ2n) is 5.04. The van der Waals surface area contributed by atoms with Crippen molar-refractivity contribution in [3.63, 3.8) is 0 Å². The highest BCUT2D eigenvalue weighted by atomic mass is 16.1. The van der Waals surface area contributed by atoms with Crippen LogP contribution >= 0.6 is 0 Å². The van der Waals surface area contributed by atoms with Crippen molar-refractivity contribution in [1.29, 1.82) is 0 Å². The summed E-state index contributed by atoms with van der Waals surface area (Å²) in [7, 11) is 0. The Labute approximate surface area is 102 Å². The smallest absolute Gasteiger partial charge is 0.255 e. The summed E-state index contributed by atoms with van der Waals surface area (Å²) in [5.74, 6) is -0.111. The Morgan fingerprint density at radius 3 is 2.76 bits per heavy atom. The first kappa shape index (κ1) is 11.9. The first-order valence-electron chi connectivity index (χ1n) is 6.13. The number of rotatable bonds is 2. The number of nitrogens with zero attached hydrogens (tertiary/aromatic N) is 1. The molecule has 92 valence electrons. The number of hydrogen-bond donors (Lipinski definition) is 2. The molecule has 0 atom stereocenters. The highest BCUT2D eigenvalue weighted by Gasteiger charge is 2.29. The molecule has 1 amide bonds. The number of carbonyl (C=O) groups excluding carboxylic acids is 1. The molecule has 0 unspecified atom stereocenters. The molecule has 0 radical (unpaired) electrons. The third-order valence-electron chi connectivity index (χ3n) is 3.47. The predicted octanol–water partition coefficient (Wildman–Crippen LogP) is 2.12. The van der Waals surface area contributed by atoms with Gasteiger partial charge in [0.25, 0.3) is 5.91 Å². The second-order valence-corrected chi connectivity index (χ2v) is 5.04. The van der Waals surface area contributed by atoms with Crippen LogP contribution in [-0.4, -0.2) is 16.4 Å². The van der Waals surface area contributed by atoms with Gasteiger partial charge >= 0.3 is 0 Å². The predicted molar refractivity (Wildman–Crippen MR) is 67.6 cm³/mol. The molecule has 1 aliphatic carbocycles. The molecule has 0 spiro atoms. The third kappa shape index (κ3) is 2.75. The second kappa shape index (κ2) is 4.73. The largest absolute Gasteiger partial charge is 0.398 e. The van der Waals surface area contributed by atoms with Crippen molar-refractivity contribution in [2.24, 2.45) is 0 Å². The van der Waals surface area contributed by atoms with Crippen molar-refractivity contribution < 1.29 is 4.79 Å². The fourth-order valence-electron chi connectivity index (χ4n) is 2.39. The number of anilines is 1. The van der Waals surface area contributed by atoms with E-state index in [1.54, 1.807) is 12.3 Å². The van der Waals surface area contributed by atoms with Crippen LogP contribution in [0.1, 0.15) is 49.4 Å². The molecule has 1 heterocycles. The molecule has 2 rings (SSSR count). The van der Waals surface area contributed by atoms with E-state index in [1.165, 1.54) is 25.5 Å². The van der Waals surface area contributed by atoms with E-state index < -0.39 is 0 Å². The quantitative estimate of drug-likeness (QED) is 0.822. The van der Waals surface area contributed by atoms with Crippen LogP contribution in [0.5, 0.6) is 0 Å². The lowest BCUT2D eigenvalue weighted by Crippen LogP contribution is -2.47. The van der Waals surface area contributed by atoms with Crippen LogP contribution in [0.25, 0.3) is 0 Å². The topological polar surface area (TPSA) is 68.0 Å². The van der Waals surface area contributed by atoms with E-state index in [4.69, 9.17) is 5.73 Å². The third-order valence-corrected chi connectivity index (χ3v) is 3.47. The van der Waals surface area contributed by atoms with Gasteiger partial charge in [-0.3, -0.25) is 9.78 Å². The zero-order valence-electron chi connectivity index (χ0n) is 10.2. The number of aromatic nitrogens is 1. The van der Waals surface area contributed by atoms with Crippen LogP contribution < -0.4 is 11.1 Å². The maximum atomic E-state index is 12.1. The molecular formula is C13H19N3O. The number of hydrogen-bond acceptors (Lipinski definition) is 3. The van der Waals surface area contributed by atoms with Crippen LogP contribution in [-0.2, 0) is 0 Å². The monoisotopic (exact) mass is 233 g/mol. The molecule has 0 saturated heterocycles. The Morgan fingerprint density at radius 2 is 2.12 bits per heavy atom. The first-order valence-corrected chi connectivity index (χ1v) is 6.13. The molecule has 1 aromatic rings. The van der Waals surface area contributed by atoms with Crippen molar-refractivity contribution in [2.75, 3.05) is 5.73 Å². The Morgan fingerprint density at radius 1 is 1.41 bits per heavy atom. The van der Waals surface area contributed by atoms with E-state index in [2.05, 4.69) is 17.2 Å². The van der Waals surface area contributed by atoms with Gasteiger partial charge in [0.15, 0.2) is 0 Å². The maximum Gasteiger partial charge on any atom is 0.255 e. The summed E-state index contributed by atoms with van der Waals surface area (Å²) in [5.41, 5.74) is 6.64. The van der Waals surface area contributed by atoms with Crippen LogP contribution in [0.3, 0.4) is 0 Å². The summed E-state index contributed by atoms with van der Waals surface area (Å²) < 4.78 is 0. The molecule has 17 heavy (non-hydrogen) atoms. The van der Waals surface area contributed by atoms with E-state index in [9.17, 15) is 4.79 Å². The summed E-state index contributed by atoms with van der Waals surface area (Å²) in [6.07, 6.45) is 8.82. The summed E-state index contributed by atoms with van der Waals surface area (Å²) in [5, 5.41) is 3.09. The van der Waals surface area contributed by atoms with Crippen molar-refractivity contribution in [2.45, 2.75) is 44.6 Å². The van der Waals surface area contributed by atoms with Crippen LogP contribution in [0.15, 0.2) is 18.5 Å². The molecule has 3 N–H and O–H groups in total. The van der Waals surface area contributed by atoms with Gasteiger partial charge in [0.2, 0.25) is 0 Å². The zero-order chi connectivity index (χ0) is 12.3. The number of nitrogen functional groups attached to an aromatic ring is 1. The van der Waals surface area contributed by atoms with Crippen molar-refractivity contribution in [3.05, 3.63) is 24.0 Å². The molecule has 4 nitrogen and oxygen atoms in total. The van der Waals surface area contributed by atoms with E-state index in [0.29, 0.717) is 11.3 Å². The molecule has 1 saturated carbocycles. The molecule has 0 bridgehead atoms. The van der Waals surface area contributed by atoms with E-state index in [0.717, 1.165) is 12.8 Å². The Bertz CT molecular complexity index is 411. The first-order chi connectivity index (χ1) is 8.11.